The minimum atomic E-state index is -0.697. The van der Waals surface area contributed by atoms with Gasteiger partial charge in [0.15, 0.2) is 0 Å². The first-order valence-corrected chi connectivity index (χ1v) is 11.2. The molecule has 2 aromatic rings. The summed E-state index contributed by atoms with van der Waals surface area (Å²) in [6, 6.07) is 14.2. The fraction of sp³-hybridized carbons (Fsp3) is 0.400. The average molecular weight is 455 g/mol. The Morgan fingerprint density at radius 1 is 1.03 bits per heavy atom. The lowest BCUT2D eigenvalue weighted by Gasteiger charge is -2.33. The molecule has 0 aromatic heterocycles. The van der Waals surface area contributed by atoms with E-state index in [1.165, 1.54) is 12.1 Å². The lowest BCUT2D eigenvalue weighted by molar-refractivity contribution is -0.137. The maximum absolute atomic E-state index is 13.0. The Hall–Kier alpha value is -3.26. The highest BCUT2D eigenvalue weighted by Gasteiger charge is 2.30. The van der Waals surface area contributed by atoms with E-state index in [4.69, 9.17) is 5.73 Å². The molecule has 176 valence electrons. The van der Waals surface area contributed by atoms with E-state index in [9.17, 15) is 18.8 Å². The quantitative estimate of drug-likeness (QED) is 0.565. The van der Waals surface area contributed by atoms with Crippen molar-refractivity contribution < 1.29 is 18.8 Å². The third kappa shape index (κ3) is 7.12. The Balaban J connectivity index is 1.40. The monoisotopic (exact) mass is 454 g/mol. The van der Waals surface area contributed by atoms with Gasteiger partial charge in [0.2, 0.25) is 17.7 Å². The van der Waals surface area contributed by atoms with E-state index < -0.39 is 12.1 Å². The molecular weight excluding hydrogens is 423 g/mol. The third-order valence-electron chi connectivity index (χ3n) is 5.93. The number of hydrogen-bond donors (Lipinski definition) is 3. The summed E-state index contributed by atoms with van der Waals surface area (Å²) < 4.78 is 13.0. The van der Waals surface area contributed by atoms with Gasteiger partial charge in [-0.05, 0) is 49.4 Å². The van der Waals surface area contributed by atoms with E-state index in [0.717, 1.165) is 11.1 Å². The summed E-state index contributed by atoms with van der Waals surface area (Å²) in [7, 11) is 0. The zero-order valence-electron chi connectivity index (χ0n) is 18.8. The number of carbonyl (C=O) groups is 3. The first kappa shape index (κ1) is 24.4. The second-order valence-corrected chi connectivity index (χ2v) is 8.47. The molecule has 3 rings (SSSR count). The summed E-state index contributed by atoms with van der Waals surface area (Å²) >= 11 is 0. The zero-order chi connectivity index (χ0) is 23.8. The van der Waals surface area contributed by atoms with Gasteiger partial charge in [-0.2, -0.15) is 0 Å². The molecule has 0 unspecified atom stereocenters. The van der Waals surface area contributed by atoms with Gasteiger partial charge in [0, 0.05) is 25.6 Å². The molecule has 1 aliphatic heterocycles. The highest BCUT2D eigenvalue weighted by Crippen LogP contribution is 2.19. The second-order valence-electron chi connectivity index (χ2n) is 8.47. The molecule has 8 heteroatoms. The van der Waals surface area contributed by atoms with Crippen LogP contribution in [0, 0.1) is 11.7 Å². The van der Waals surface area contributed by atoms with Crippen molar-refractivity contribution in [1.82, 2.24) is 15.5 Å². The summed E-state index contributed by atoms with van der Waals surface area (Å²) in [5.41, 5.74) is 7.90. The number of likely N-dealkylation sites (tertiary alicyclic amines) is 1. The zero-order valence-corrected chi connectivity index (χ0v) is 18.8. The molecule has 0 radical (unpaired) electrons. The molecule has 0 saturated carbocycles. The largest absolute Gasteiger partial charge is 0.350 e. The molecule has 0 aliphatic carbocycles. The first-order chi connectivity index (χ1) is 15.8. The van der Waals surface area contributed by atoms with E-state index in [1.54, 1.807) is 24.0 Å². The number of nitrogens with two attached hydrogens (primary N) is 1. The third-order valence-corrected chi connectivity index (χ3v) is 5.93. The van der Waals surface area contributed by atoms with Crippen molar-refractivity contribution in [3.8, 4) is 0 Å². The predicted molar refractivity (Wildman–Crippen MR) is 123 cm³/mol. The molecule has 0 spiro atoms. The van der Waals surface area contributed by atoms with Gasteiger partial charge in [-0.15, -0.1) is 0 Å². The Morgan fingerprint density at radius 2 is 1.67 bits per heavy atom. The molecule has 1 aliphatic rings. The van der Waals surface area contributed by atoms with E-state index in [-0.39, 0.29) is 36.0 Å². The van der Waals surface area contributed by atoms with Crippen molar-refractivity contribution in [2.45, 2.75) is 44.8 Å². The number of benzene rings is 2. The van der Waals surface area contributed by atoms with Crippen LogP contribution in [0.15, 0.2) is 54.6 Å². The van der Waals surface area contributed by atoms with Gasteiger partial charge < -0.3 is 21.3 Å². The lowest BCUT2D eigenvalue weighted by atomic mass is 9.94. The lowest BCUT2D eigenvalue weighted by Crippen LogP contribution is -2.51. The van der Waals surface area contributed by atoms with Crippen LogP contribution in [0.1, 0.15) is 30.9 Å². The van der Waals surface area contributed by atoms with Gasteiger partial charge in [0.05, 0.1) is 6.04 Å². The van der Waals surface area contributed by atoms with Gasteiger partial charge in [0.25, 0.3) is 0 Å². The Morgan fingerprint density at radius 3 is 2.30 bits per heavy atom. The maximum Gasteiger partial charge on any atom is 0.242 e. The summed E-state index contributed by atoms with van der Waals surface area (Å²) in [5, 5.41) is 5.49. The summed E-state index contributed by atoms with van der Waals surface area (Å²) in [6.45, 7) is 2.80. The van der Waals surface area contributed by atoms with Crippen LogP contribution in [-0.4, -0.2) is 47.8 Å². The molecule has 1 heterocycles. The summed E-state index contributed by atoms with van der Waals surface area (Å²) in [6.07, 6.45) is 1.53. The molecular formula is C25H31FN4O3. The number of nitrogens with one attached hydrogen (secondary N) is 2. The average Bonchev–Trinajstić information content (AvgIpc) is 2.83. The van der Waals surface area contributed by atoms with Crippen molar-refractivity contribution in [2.24, 2.45) is 11.7 Å². The normalized spacial score (nSPS) is 16.0. The summed E-state index contributed by atoms with van der Waals surface area (Å²) in [4.78, 5) is 39.3. The second kappa shape index (κ2) is 11.6. The van der Waals surface area contributed by atoms with E-state index >= 15 is 0 Å². The Labute approximate surface area is 193 Å². The molecule has 2 aromatic carbocycles. The molecule has 33 heavy (non-hydrogen) atoms. The van der Waals surface area contributed by atoms with Crippen LogP contribution in [0.5, 0.6) is 0 Å². The highest BCUT2D eigenvalue weighted by molar-refractivity contribution is 5.88. The minimum Gasteiger partial charge on any atom is -0.350 e. The molecule has 3 amide bonds. The van der Waals surface area contributed by atoms with Crippen LogP contribution in [0.2, 0.25) is 0 Å². The fourth-order valence-corrected chi connectivity index (χ4v) is 3.89. The minimum absolute atomic E-state index is 0.105. The van der Waals surface area contributed by atoms with Crippen LogP contribution in [0.25, 0.3) is 0 Å². The number of rotatable bonds is 8. The van der Waals surface area contributed by atoms with Crippen molar-refractivity contribution >= 4 is 17.7 Å². The van der Waals surface area contributed by atoms with E-state index in [2.05, 4.69) is 10.6 Å². The summed E-state index contributed by atoms with van der Waals surface area (Å²) in [5.74, 6) is -1.21. The van der Waals surface area contributed by atoms with E-state index in [1.807, 2.05) is 30.3 Å². The molecule has 4 N–H and O–H groups in total. The maximum atomic E-state index is 13.0. The van der Waals surface area contributed by atoms with Gasteiger partial charge in [-0.1, -0.05) is 42.5 Å². The van der Waals surface area contributed by atoms with Crippen molar-refractivity contribution in [3.05, 3.63) is 71.5 Å². The molecule has 0 bridgehead atoms. The van der Waals surface area contributed by atoms with Gasteiger partial charge in [0.1, 0.15) is 11.9 Å². The van der Waals surface area contributed by atoms with Gasteiger partial charge >= 0.3 is 0 Å². The predicted octanol–water partition coefficient (Wildman–Crippen LogP) is 1.76. The molecule has 7 nitrogen and oxygen atoms in total. The number of hydrogen-bond acceptors (Lipinski definition) is 4. The van der Waals surface area contributed by atoms with Crippen LogP contribution in [-0.2, 0) is 27.3 Å². The molecule has 2 atom stereocenters. The van der Waals surface area contributed by atoms with Crippen LogP contribution < -0.4 is 16.4 Å². The van der Waals surface area contributed by atoms with Crippen LogP contribution >= 0.6 is 0 Å². The van der Waals surface area contributed by atoms with Crippen molar-refractivity contribution in [2.75, 3.05) is 13.1 Å². The number of carbonyl (C=O) groups excluding carboxylic acids is 3. The molecule has 1 saturated heterocycles. The Kier molecular flexibility index (Phi) is 8.54. The van der Waals surface area contributed by atoms with Gasteiger partial charge in [-0.25, -0.2) is 4.39 Å². The van der Waals surface area contributed by atoms with Crippen molar-refractivity contribution in [1.29, 1.82) is 0 Å². The van der Waals surface area contributed by atoms with Gasteiger partial charge in [-0.3, -0.25) is 14.4 Å². The number of halogens is 1. The molecule has 1 fully saturated rings. The smallest absolute Gasteiger partial charge is 0.242 e. The topological polar surface area (TPSA) is 105 Å². The van der Waals surface area contributed by atoms with Crippen LogP contribution in [0.4, 0.5) is 4.39 Å². The Bertz CT molecular complexity index is 944. The first-order valence-electron chi connectivity index (χ1n) is 11.2. The van der Waals surface area contributed by atoms with Crippen LogP contribution in [0.3, 0.4) is 0 Å². The number of piperidine rings is 1. The van der Waals surface area contributed by atoms with Crippen molar-refractivity contribution in [3.63, 3.8) is 0 Å². The fourth-order valence-electron chi connectivity index (χ4n) is 3.89. The highest BCUT2D eigenvalue weighted by atomic mass is 19.1. The number of amides is 3. The SMILES string of the molecule is C[C@H](NC(=O)C1CCN(C(=O)[C@@H](N)Cc2ccccc2)CC1)C(=O)NCc1ccc(F)cc1. The number of nitrogens with zero attached hydrogens (tertiary/aromatic N) is 1. The standard InChI is InChI=1S/C25H31FN4O3/c1-17(23(31)28-16-19-7-9-21(26)10-8-19)29-24(32)20-11-13-30(14-12-20)25(33)22(27)15-18-5-3-2-4-6-18/h2-10,17,20,22H,11-16,27H2,1H3,(H,28,31)(H,29,32)/t17-,22-/m0/s1. The van der Waals surface area contributed by atoms with E-state index in [0.29, 0.717) is 32.4 Å².